The Morgan fingerprint density at radius 1 is 1.02 bits per heavy atom. The summed E-state index contributed by atoms with van der Waals surface area (Å²) in [7, 11) is 0.261. The number of halogens is 1. The van der Waals surface area contributed by atoms with Crippen molar-refractivity contribution in [3.8, 4) is 22.5 Å². The fourth-order valence-corrected chi connectivity index (χ4v) is 5.99. The van der Waals surface area contributed by atoms with Crippen molar-refractivity contribution < 1.29 is 17.8 Å². The van der Waals surface area contributed by atoms with Crippen molar-refractivity contribution in [2.24, 2.45) is 0 Å². The van der Waals surface area contributed by atoms with Crippen LogP contribution in [-0.4, -0.2) is 42.6 Å². The molecule has 42 heavy (non-hydrogen) atoms. The Labute approximate surface area is 248 Å². The van der Waals surface area contributed by atoms with Gasteiger partial charge in [0.2, 0.25) is 0 Å². The highest BCUT2D eigenvalue weighted by molar-refractivity contribution is 7.86. The van der Waals surface area contributed by atoms with Crippen molar-refractivity contribution in [1.29, 1.82) is 0 Å². The van der Waals surface area contributed by atoms with Gasteiger partial charge in [-0.3, -0.25) is 9.10 Å². The number of nitrogens with one attached hydrogen (secondary N) is 2. The van der Waals surface area contributed by atoms with Crippen LogP contribution in [-0.2, 0) is 11.0 Å². The number of anilines is 1. The number of rotatable bonds is 11. The third kappa shape index (κ3) is 6.45. The Morgan fingerprint density at radius 2 is 1.81 bits per heavy atom. The van der Waals surface area contributed by atoms with Crippen LogP contribution in [0, 0.1) is 5.82 Å². The van der Waals surface area contributed by atoms with E-state index >= 15 is 0 Å². The molecule has 0 radical (unpaired) electrons. The van der Waals surface area contributed by atoms with Crippen LogP contribution in [0.15, 0.2) is 107 Å². The van der Waals surface area contributed by atoms with Gasteiger partial charge in [0.25, 0.3) is 5.91 Å². The van der Waals surface area contributed by atoms with Gasteiger partial charge in [0.15, 0.2) is 0 Å². The topological polar surface area (TPSA) is 74.6 Å². The van der Waals surface area contributed by atoms with Crippen molar-refractivity contribution in [3.05, 3.63) is 114 Å². The predicted octanol–water partition coefficient (Wildman–Crippen LogP) is 6.79. The summed E-state index contributed by atoms with van der Waals surface area (Å²) in [5.74, 6) is 0.107. The lowest BCUT2D eigenvalue weighted by atomic mass is 9.98. The van der Waals surface area contributed by atoms with Gasteiger partial charge in [-0.2, -0.15) is 0 Å². The van der Waals surface area contributed by atoms with Gasteiger partial charge in [0, 0.05) is 55.0 Å². The monoisotopic (exact) mass is 583 g/mol. The van der Waals surface area contributed by atoms with Gasteiger partial charge in [0.1, 0.15) is 28.1 Å². The van der Waals surface area contributed by atoms with Crippen LogP contribution in [0.1, 0.15) is 23.7 Å². The number of carbonyl (C=O) groups excluding carboxylic acids is 1. The zero-order chi connectivity index (χ0) is 29.5. The van der Waals surface area contributed by atoms with E-state index in [1.807, 2.05) is 71.9 Å². The zero-order valence-corrected chi connectivity index (χ0v) is 24.5. The highest BCUT2D eigenvalue weighted by atomic mass is 32.2. The van der Waals surface area contributed by atoms with E-state index in [0.717, 1.165) is 29.8 Å². The molecule has 0 aliphatic heterocycles. The maximum absolute atomic E-state index is 13.7. The average molecular weight is 584 g/mol. The SMILES string of the molecule is CCS(=O)N(CCNCC1=CC=CC=CC1)c1cc2oc(-c3ccc(F)cc3)c(C(=O)NC)c2cc1-c1ccccc1. The van der Waals surface area contributed by atoms with E-state index in [-0.39, 0.29) is 11.7 Å². The van der Waals surface area contributed by atoms with Gasteiger partial charge in [-0.15, -0.1) is 0 Å². The molecule has 1 heterocycles. The Kier molecular flexibility index (Phi) is 9.46. The van der Waals surface area contributed by atoms with E-state index in [4.69, 9.17) is 4.42 Å². The highest BCUT2D eigenvalue weighted by Crippen LogP contribution is 2.41. The number of fused-ring (bicyclic) bond motifs is 1. The zero-order valence-electron chi connectivity index (χ0n) is 23.7. The minimum Gasteiger partial charge on any atom is -0.455 e. The first-order valence-corrected chi connectivity index (χ1v) is 15.3. The molecule has 1 atom stereocenters. The van der Waals surface area contributed by atoms with E-state index in [1.165, 1.54) is 17.7 Å². The molecule has 0 saturated carbocycles. The van der Waals surface area contributed by atoms with Crippen LogP contribution in [0.2, 0.25) is 0 Å². The van der Waals surface area contributed by atoms with E-state index in [0.29, 0.717) is 46.7 Å². The Balaban J connectivity index is 1.59. The molecular formula is C34H34FN3O3S. The number of amides is 1. The summed E-state index contributed by atoms with van der Waals surface area (Å²) >= 11 is 0. The third-order valence-corrected chi connectivity index (χ3v) is 8.49. The molecule has 0 saturated heterocycles. The minimum atomic E-state index is -1.31. The summed E-state index contributed by atoms with van der Waals surface area (Å²) in [5, 5.41) is 6.84. The fourth-order valence-electron chi connectivity index (χ4n) is 5.01. The fraction of sp³-hybridized carbons (Fsp3) is 0.206. The molecule has 8 heteroatoms. The lowest BCUT2D eigenvalue weighted by molar-refractivity contribution is 0.0964. The van der Waals surface area contributed by atoms with Crippen molar-refractivity contribution in [2.45, 2.75) is 13.3 Å². The second-order valence-electron chi connectivity index (χ2n) is 9.85. The second kappa shape index (κ2) is 13.6. The summed E-state index contributed by atoms with van der Waals surface area (Å²) in [6.07, 6.45) is 11.2. The molecule has 1 aliphatic rings. The van der Waals surface area contributed by atoms with E-state index in [9.17, 15) is 13.4 Å². The molecule has 1 aliphatic carbocycles. The van der Waals surface area contributed by atoms with E-state index in [2.05, 4.69) is 22.8 Å². The maximum Gasteiger partial charge on any atom is 0.255 e. The van der Waals surface area contributed by atoms with Gasteiger partial charge >= 0.3 is 0 Å². The smallest absolute Gasteiger partial charge is 0.255 e. The first-order valence-electron chi connectivity index (χ1n) is 14.0. The van der Waals surface area contributed by atoms with Crippen LogP contribution in [0.4, 0.5) is 10.1 Å². The lowest BCUT2D eigenvalue weighted by Gasteiger charge is -2.26. The van der Waals surface area contributed by atoms with Gasteiger partial charge < -0.3 is 15.1 Å². The van der Waals surface area contributed by atoms with Crippen molar-refractivity contribution in [3.63, 3.8) is 0 Å². The first-order chi connectivity index (χ1) is 20.5. The Bertz CT molecular complexity index is 1670. The number of benzene rings is 3. The summed E-state index contributed by atoms with van der Waals surface area (Å²) in [6, 6.07) is 19.5. The van der Waals surface area contributed by atoms with Crippen molar-refractivity contribution >= 4 is 33.5 Å². The van der Waals surface area contributed by atoms with Crippen LogP contribution >= 0.6 is 0 Å². The Hall–Kier alpha value is -4.27. The maximum atomic E-state index is 13.7. The molecule has 0 bridgehead atoms. The summed E-state index contributed by atoms with van der Waals surface area (Å²) in [6.45, 7) is 3.75. The number of hydrogen-bond donors (Lipinski definition) is 2. The molecule has 0 spiro atoms. The van der Waals surface area contributed by atoms with Gasteiger partial charge in [-0.25, -0.2) is 8.60 Å². The van der Waals surface area contributed by atoms with E-state index in [1.54, 1.807) is 19.2 Å². The van der Waals surface area contributed by atoms with Crippen LogP contribution in [0.25, 0.3) is 33.4 Å². The molecule has 1 aromatic heterocycles. The number of hydrogen-bond acceptors (Lipinski definition) is 4. The standard InChI is InChI=1S/C34H34FN3O3S/c1-3-42(40)38(20-19-37-23-24-11-7-4-5-8-12-24)30-22-31-29(21-28(30)25-13-9-6-10-14-25)32(34(39)36-2)33(41-31)26-15-17-27(35)18-16-26/h4-11,13-18,21-22,37H,3,12,19-20,23H2,1-2H3,(H,36,39). The molecule has 1 unspecified atom stereocenters. The molecule has 6 nitrogen and oxygen atoms in total. The van der Waals surface area contributed by atoms with Crippen LogP contribution in [0.5, 0.6) is 0 Å². The van der Waals surface area contributed by atoms with Crippen molar-refractivity contribution in [2.75, 3.05) is 36.7 Å². The number of nitrogens with zero attached hydrogens (tertiary/aromatic N) is 1. The first kappa shape index (κ1) is 29.2. The number of furan rings is 1. The predicted molar refractivity (Wildman–Crippen MR) is 170 cm³/mol. The summed E-state index contributed by atoms with van der Waals surface area (Å²) in [4.78, 5) is 13.2. The summed E-state index contributed by atoms with van der Waals surface area (Å²) in [5.41, 5.74) is 5.23. The largest absolute Gasteiger partial charge is 0.455 e. The quantitative estimate of drug-likeness (QED) is 0.191. The summed E-state index contributed by atoms with van der Waals surface area (Å²) < 4.78 is 35.4. The molecule has 1 amide bonds. The third-order valence-electron chi connectivity index (χ3n) is 7.13. The lowest BCUT2D eigenvalue weighted by Crippen LogP contribution is -2.35. The highest BCUT2D eigenvalue weighted by Gasteiger charge is 2.26. The minimum absolute atomic E-state index is 0.310. The molecule has 2 N–H and O–H groups in total. The van der Waals surface area contributed by atoms with Gasteiger partial charge in [-0.05, 0) is 42.3 Å². The van der Waals surface area contributed by atoms with Gasteiger partial charge in [-0.1, -0.05) is 73.2 Å². The number of allylic oxidation sites excluding steroid dienone is 5. The van der Waals surface area contributed by atoms with Crippen molar-refractivity contribution in [1.82, 2.24) is 10.6 Å². The number of carbonyl (C=O) groups is 1. The molecule has 5 rings (SSSR count). The normalized spacial score (nSPS) is 13.5. The Morgan fingerprint density at radius 3 is 2.55 bits per heavy atom. The average Bonchev–Trinajstić information content (AvgIpc) is 3.19. The molecular weight excluding hydrogens is 549 g/mol. The van der Waals surface area contributed by atoms with Gasteiger partial charge in [0.05, 0.1) is 11.3 Å². The second-order valence-corrected chi connectivity index (χ2v) is 11.5. The molecule has 4 aromatic rings. The molecule has 3 aromatic carbocycles. The molecule has 0 fully saturated rings. The van der Waals surface area contributed by atoms with E-state index < -0.39 is 11.0 Å². The molecule has 216 valence electrons. The van der Waals surface area contributed by atoms with Crippen LogP contribution in [0.3, 0.4) is 0 Å². The van der Waals surface area contributed by atoms with Crippen LogP contribution < -0.4 is 14.9 Å².